The van der Waals surface area contributed by atoms with Gasteiger partial charge in [-0.1, -0.05) is 49.5 Å². The number of aromatic nitrogens is 3. The van der Waals surface area contributed by atoms with Gasteiger partial charge in [-0.25, -0.2) is 4.68 Å². The van der Waals surface area contributed by atoms with Gasteiger partial charge in [0.1, 0.15) is 5.57 Å². The third-order valence-electron chi connectivity index (χ3n) is 5.36. The number of amides is 2. The number of nitrogens with zero attached hydrogens (tertiary/aromatic N) is 4. The van der Waals surface area contributed by atoms with Crippen molar-refractivity contribution < 1.29 is 19.3 Å². The van der Waals surface area contributed by atoms with E-state index in [1.54, 1.807) is 47.3 Å². The smallest absolute Gasteiger partial charge is 0.326 e. The Labute approximate surface area is 201 Å². The lowest BCUT2D eigenvalue weighted by Gasteiger charge is -2.15. The maximum absolute atomic E-state index is 13.6. The fourth-order valence-corrected chi connectivity index (χ4v) is 4.20. The van der Waals surface area contributed by atoms with Gasteiger partial charge in [0, 0.05) is 24.2 Å². The Kier molecular flexibility index (Phi) is 6.54. The van der Waals surface area contributed by atoms with Crippen molar-refractivity contribution in [3.63, 3.8) is 0 Å². The average Bonchev–Trinajstić information content (AvgIpc) is 3.24. The second kappa shape index (κ2) is 9.37. The second-order valence-corrected chi connectivity index (χ2v) is 8.47. The van der Waals surface area contributed by atoms with Gasteiger partial charge in [0.15, 0.2) is 12.4 Å². The normalized spacial score (nSPS) is 14.0. The minimum atomic E-state index is -0.489. The molecule has 3 heterocycles. The number of carbonyl (C=O) groups excluding carboxylic acids is 2. The number of benzene rings is 1. The molecule has 0 spiro atoms. The Bertz CT molecular complexity index is 1270. The highest BCUT2D eigenvalue weighted by Gasteiger charge is 2.46. The van der Waals surface area contributed by atoms with Crippen molar-refractivity contribution in [2.75, 3.05) is 6.54 Å². The van der Waals surface area contributed by atoms with Crippen molar-refractivity contribution in [1.82, 2.24) is 14.7 Å². The molecule has 170 valence electrons. The zero-order valence-corrected chi connectivity index (χ0v) is 19.7. The molecule has 7 nitrogen and oxygen atoms in total. The van der Waals surface area contributed by atoms with E-state index in [2.05, 4.69) is 5.10 Å². The first kappa shape index (κ1) is 23.0. The monoisotopic (exact) mass is 484 g/mol. The van der Waals surface area contributed by atoms with Crippen molar-refractivity contribution in [3.8, 4) is 11.6 Å². The highest BCUT2D eigenvalue weighted by Crippen LogP contribution is 2.38. The summed E-state index contributed by atoms with van der Waals surface area (Å²) in [5, 5.41) is 18.8. The Hall–Kier alpha value is -3.16. The summed E-state index contributed by atoms with van der Waals surface area (Å²) in [6.45, 7) is 4.10. The molecule has 0 unspecified atom stereocenters. The van der Waals surface area contributed by atoms with Gasteiger partial charge in [-0.3, -0.25) is 14.5 Å². The van der Waals surface area contributed by atoms with E-state index in [1.165, 1.54) is 9.58 Å². The minimum Gasteiger partial charge on any atom is -0.858 e. The van der Waals surface area contributed by atoms with E-state index < -0.39 is 17.7 Å². The van der Waals surface area contributed by atoms with E-state index in [1.807, 2.05) is 19.9 Å². The summed E-state index contributed by atoms with van der Waals surface area (Å²) in [7, 11) is 0. The highest BCUT2D eigenvalue weighted by molar-refractivity contribution is 6.45. The fraction of sp³-hybridized carbons (Fsp3) is 0.250. The van der Waals surface area contributed by atoms with E-state index in [-0.39, 0.29) is 28.4 Å². The van der Waals surface area contributed by atoms with Crippen LogP contribution in [0.25, 0.3) is 17.0 Å². The number of aryl methyl sites for hydroxylation is 1. The lowest BCUT2D eigenvalue weighted by molar-refractivity contribution is -0.576. The van der Waals surface area contributed by atoms with Gasteiger partial charge in [0.2, 0.25) is 0 Å². The van der Waals surface area contributed by atoms with Gasteiger partial charge in [0.25, 0.3) is 11.6 Å². The summed E-state index contributed by atoms with van der Waals surface area (Å²) in [5.41, 5.74) is 1.25. The van der Waals surface area contributed by atoms with Crippen LogP contribution in [0.1, 0.15) is 37.9 Å². The maximum Gasteiger partial charge on any atom is 0.326 e. The largest absolute Gasteiger partial charge is 0.858 e. The van der Waals surface area contributed by atoms with Gasteiger partial charge in [-0.05, 0) is 36.9 Å². The van der Waals surface area contributed by atoms with E-state index in [9.17, 15) is 14.7 Å². The van der Waals surface area contributed by atoms with E-state index in [0.29, 0.717) is 35.7 Å². The van der Waals surface area contributed by atoms with E-state index in [4.69, 9.17) is 23.2 Å². The lowest BCUT2D eigenvalue weighted by Crippen LogP contribution is -2.39. The third kappa shape index (κ3) is 4.03. The van der Waals surface area contributed by atoms with Crippen molar-refractivity contribution in [1.29, 1.82) is 0 Å². The molecule has 0 bridgehead atoms. The fourth-order valence-electron chi connectivity index (χ4n) is 3.90. The molecule has 1 aliphatic rings. The molecule has 3 aromatic rings. The number of carbonyl (C=O) groups is 2. The molecule has 0 atom stereocenters. The zero-order valence-electron chi connectivity index (χ0n) is 18.2. The Morgan fingerprint density at radius 3 is 2.36 bits per heavy atom. The van der Waals surface area contributed by atoms with Gasteiger partial charge in [-0.2, -0.15) is 9.67 Å². The molecule has 0 saturated heterocycles. The van der Waals surface area contributed by atoms with Crippen LogP contribution in [0.4, 0.5) is 0 Å². The summed E-state index contributed by atoms with van der Waals surface area (Å²) >= 11 is 12.2. The van der Waals surface area contributed by atoms with Crippen molar-refractivity contribution >= 4 is 46.3 Å². The molecule has 0 radical (unpaired) electrons. The molecule has 0 aliphatic carbocycles. The van der Waals surface area contributed by atoms with Gasteiger partial charge < -0.3 is 5.11 Å². The number of hydrogen-bond acceptors (Lipinski definition) is 4. The molecule has 2 amide bonds. The first-order valence-electron chi connectivity index (χ1n) is 10.7. The van der Waals surface area contributed by atoms with Crippen molar-refractivity contribution in [2.24, 2.45) is 0 Å². The predicted octanol–water partition coefficient (Wildman–Crippen LogP) is 3.64. The van der Waals surface area contributed by atoms with Crippen molar-refractivity contribution in [3.05, 3.63) is 70.1 Å². The van der Waals surface area contributed by atoms with E-state index in [0.717, 1.165) is 0 Å². The lowest BCUT2D eigenvalue weighted by atomic mass is 10.0. The predicted molar refractivity (Wildman–Crippen MR) is 124 cm³/mol. The topological polar surface area (TPSA) is 82.1 Å². The standard InChI is InChI=1S/C24H22Cl2N4O3/c1-3-8-18-19(23(32)30(27-18)15-9-10-16(25)17(26)14-15)20-21(28-12-6-5-7-13-28)24(33)29(11-4-2)22(20)31/h5-7,9-10,12-14H,3-4,8,11H2,1-2H3. The maximum atomic E-state index is 13.6. The molecule has 0 saturated carbocycles. The van der Waals surface area contributed by atoms with Crippen LogP contribution in [0, 0.1) is 0 Å². The van der Waals surface area contributed by atoms with Crippen molar-refractivity contribution in [2.45, 2.75) is 33.1 Å². The van der Waals surface area contributed by atoms with Crippen LogP contribution in [-0.4, -0.2) is 33.0 Å². The Balaban J connectivity index is 1.99. The van der Waals surface area contributed by atoms with Gasteiger partial charge >= 0.3 is 5.91 Å². The molecule has 0 fully saturated rings. The first-order chi connectivity index (χ1) is 15.9. The molecule has 1 aromatic carbocycles. The number of hydrogen-bond donors (Lipinski definition) is 0. The van der Waals surface area contributed by atoms with Crippen LogP contribution >= 0.6 is 23.2 Å². The molecule has 2 aromatic heterocycles. The minimum absolute atomic E-state index is 0.0735. The van der Waals surface area contributed by atoms with Crippen LogP contribution in [0.2, 0.25) is 10.0 Å². The van der Waals surface area contributed by atoms with Gasteiger partial charge in [-0.15, -0.1) is 0 Å². The summed E-state index contributed by atoms with van der Waals surface area (Å²) in [5.74, 6) is -1.41. The SMILES string of the molecule is CCCc1nn(-c2ccc(Cl)c(Cl)c2)c([O-])c1C1=C([n+]2ccccc2)C(=O)N(CCC)C1=O. The molecular formula is C24H22Cl2N4O3. The van der Waals surface area contributed by atoms with Crippen LogP contribution in [0.5, 0.6) is 5.88 Å². The Morgan fingerprint density at radius 2 is 1.73 bits per heavy atom. The number of pyridine rings is 1. The highest BCUT2D eigenvalue weighted by atomic mass is 35.5. The molecule has 33 heavy (non-hydrogen) atoms. The van der Waals surface area contributed by atoms with Crippen LogP contribution in [0.15, 0.2) is 48.8 Å². The molecule has 0 N–H and O–H groups in total. The quantitative estimate of drug-likeness (QED) is 0.378. The zero-order chi connectivity index (χ0) is 23.7. The summed E-state index contributed by atoms with van der Waals surface area (Å²) in [4.78, 5) is 27.9. The molecule has 9 heteroatoms. The summed E-state index contributed by atoms with van der Waals surface area (Å²) < 4.78 is 2.79. The summed E-state index contributed by atoms with van der Waals surface area (Å²) in [6, 6.07) is 10.1. The Morgan fingerprint density at radius 1 is 1.00 bits per heavy atom. The summed E-state index contributed by atoms with van der Waals surface area (Å²) in [6.07, 6.45) is 5.13. The third-order valence-corrected chi connectivity index (χ3v) is 6.10. The first-order valence-corrected chi connectivity index (χ1v) is 11.5. The second-order valence-electron chi connectivity index (χ2n) is 7.66. The number of halogens is 2. The molecule has 1 aliphatic heterocycles. The van der Waals surface area contributed by atoms with E-state index >= 15 is 0 Å². The molecule has 4 rings (SSSR count). The number of rotatable bonds is 7. The van der Waals surface area contributed by atoms with Crippen LogP contribution in [-0.2, 0) is 16.0 Å². The number of imide groups is 1. The molecular weight excluding hydrogens is 463 g/mol. The van der Waals surface area contributed by atoms with Crippen LogP contribution in [0.3, 0.4) is 0 Å². The average molecular weight is 485 g/mol. The van der Waals surface area contributed by atoms with Gasteiger partial charge in [0.05, 0.1) is 21.4 Å². The van der Waals surface area contributed by atoms with Crippen LogP contribution < -0.4 is 9.67 Å².